The van der Waals surface area contributed by atoms with Crippen LogP contribution in [0, 0.1) is 17.2 Å². The smallest absolute Gasteiger partial charge is 0.447 e. The molecular formula is C25H28F3N3O3S. The second-order valence-corrected chi connectivity index (χ2v) is 9.80. The molecule has 0 radical (unpaired) electrons. The number of halogens is 3. The summed E-state index contributed by atoms with van der Waals surface area (Å²) in [6, 6.07) is 2.06. The van der Waals surface area contributed by atoms with Crippen LogP contribution in [-0.4, -0.2) is 39.4 Å². The fraction of sp³-hybridized carbons (Fsp3) is 0.480. The molecule has 1 aromatic heterocycles. The first kappa shape index (κ1) is 25.5. The molecule has 1 aliphatic carbocycles. The number of rotatable bonds is 6. The van der Waals surface area contributed by atoms with E-state index in [1.165, 1.54) is 17.5 Å². The maximum absolute atomic E-state index is 13.4. The van der Waals surface area contributed by atoms with Crippen LogP contribution in [0.3, 0.4) is 0 Å². The van der Waals surface area contributed by atoms with Crippen LogP contribution < -0.4 is 4.74 Å². The molecular weight excluding hydrogens is 479 g/mol. The number of nitrogens with one attached hydrogen (secondary N) is 1. The van der Waals surface area contributed by atoms with Crippen molar-refractivity contribution in [3.8, 4) is 16.3 Å². The number of benzene rings is 1. The Kier molecular flexibility index (Phi) is 7.44. The number of aromatic nitrogens is 1. The van der Waals surface area contributed by atoms with Gasteiger partial charge in [-0.25, -0.2) is 9.98 Å². The van der Waals surface area contributed by atoms with Gasteiger partial charge in [0.2, 0.25) is 0 Å². The van der Waals surface area contributed by atoms with Crippen molar-refractivity contribution in [2.45, 2.75) is 57.4 Å². The molecule has 0 bridgehead atoms. The van der Waals surface area contributed by atoms with Crippen LogP contribution in [0.4, 0.5) is 18.9 Å². The first-order valence-corrected chi connectivity index (χ1v) is 12.5. The number of alkyl halides is 3. The molecule has 2 unspecified atom stereocenters. The molecule has 188 valence electrons. The zero-order valence-electron chi connectivity index (χ0n) is 19.3. The van der Waals surface area contributed by atoms with Crippen LogP contribution in [0.5, 0.6) is 5.75 Å². The van der Waals surface area contributed by atoms with Crippen molar-refractivity contribution >= 4 is 28.4 Å². The van der Waals surface area contributed by atoms with E-state index < -0.39 is 17.5 Å². The molecule has 2 heterocycles. The Morgan fingerprint density at radius 1 is 1.23 bits per heavy atom. The fourth-order valence-corrected chi connectivity index (χ4v) is 5.22. The first-order chi connectivity index (χ1) is 16.6. The summed E-state index contributed by atoms with van der Waals surface area (Å²) in [7, 11) is 0. The van der Waals surface area contributed by atoms with E-state index in [1.54, 1.807) is 5.38 Å². The molecule has 0 spiro atoms. The van der Waals surface area contributed by atoms with Crippen LogP contribution in [0.25, 0.3) is 10.6 Å². The van der Waals surface area contributed by atoms with Crippen LogP contribution in [0.2, 0.25) is 0 Å². The lowest BCUT2D eigenvalue weighted by molar-refractivity contribution is -0.358. The van der Waals surface area contributed by atoms with Crippen LogP contribution in [0.15, 0.2) is 40.9 Å². The number of allylic oxidation sites excluding steroid dienone is 2. The molecule has 0 saturated heterocycles. The van der Waals surface area contributed by atoms with Gasteiger partial charge in [-0.1, -0.05) is 13.0 Å². The van der Waals surface area contributed by atoms with Gasteiger partial charge < -0.3 is 20.4 Å². The summed E-state index contributed by atoms with van der Waals surface area (Å²) in [5.74, 6) is -3.23. The number of fused-ring (bicyclic) bond motifs is 1. The molecule has 2 aromatic rings. The van der Waals surface area contributed by atoms with E-state index >= 15 is 0 Å². The molecule has 3 N–H and O–H groups in total. The number of hydrogen-bond acceptors (Lipinski definition) is 7. The van der Waals surface area contributed by atoms with E-state index in [-0.39, 0.29) is 22.9 Å². The Labute approximate surface area is 205 Å². The molecule has 4 rings (SSSR count). The molecule has 2 aliphatic rings. The van der Waals surface area contributed by atoms with Gasteiger partial charge in [-0.2, -0.15) is 13.2 Å². The second-order valence-electron chi connectivity index (χ2n) is 8.91. The van der Waals surface area contributed by atoms with Gasteiger partial charge in [-0.15, -0.1) is 11.3 Å². The van der Waals surface area contributed by atoms with Gasteiger partial charge in [0.15, 0.2) is 5.75 Å². The van der Waals surface area contributed by atoms with E-state index in [4.69, 9.17) is 10.1 Å². The van der Waals surface area contributed by atoms with E-state index in [0.29, 0.717) is 42.5 Å². The van der Waals surface area contributed by atoms with Gasteiger partial charge in [-0.3, -0.25) is 0 Å². The van der Waals surface area contributed by atoms with Crippen molar-refractivity contribution in [2.24, 2.45) is 16.8 Å². The molecule has 1 saturated carbocycles. The SMILES string of the molecule is CCC1CCC(C/C=C/C2=N/c3cc(C(O)(O)C(F)(F)F)cc(-c4nccs4)c3OCCC2)C1=N. The number of aliphatic hydroxyl groups is 2. The standard InChI is InChI=1S/C25H28F3N3O3S/c1-2-15-8-9-16(21(15)29)5-3-6-18-7-4-11-34-22-19(23-30-10-12-35-23)13-17(14-20(22)31-18)24(32,33)25(26,27)28/h3,6,10,12-16,29,32-33H,2,4-5,7-9,11H2,1H3/b6-3+,29-21?,31-18-. The van der Waals surface area contributed by atoms with Crippen LogP contribution >= 0.6 is 11.3 Å². The average Bonchev–Trinajstić information content (AvgIpc) is 3.44. The lowest BCUT2D eigenvalue weighted by atomic mass is 9.97. The highest BCUT2D eigenvalue weighted by Crippen LogP contribution is 2.46. The zero-order valence-corrected chi connectivity index (χ0v) is 20.1. The molecule has 1 aliphatic heterocycles. The van der Waals surface area contributed by atoms with E-state index in [2.05, 4.69) is 16.9 Å². The Morgan fingerprint density at radius 3 is 2.66 bits per heavy atom. The summed E-state index contributed by atoms with van der Waals surface area (Å²) in [5.41, 5.74) is 1.01. The summed E-state index contributed by atoms with van der Waals surface area (Å²) in [6.45, 7) is 2.42. The molecule has 35 heavy (non-hydrogen) atoms. The van der Waals surface area contributed by atoms with Crippen molar-refractivity contribution in [3.63, 3.8) is 0 Å². The summed E-state index contributed by atoms with van der Waals surface area (Å²) in [4.78, 5) is 8.76. The quantitative estimate of drug-likeness (QED) is 0.408. The number of thiazole rings is 1. The van der Waals surface area contributed by atoms with Gasteiger partial charge in [0.1, 0.15) is 10.7 Å². The van der Waals surface area contributed by atoms with Gasteiger partial charge >= 0.3 is 6.18 Å². The molecule has 0 amide bonds. The van der Waals surface area contributed by atoms with Crippen LogP contribution in [-0.2, 0) is 5.79 Å². The highest BCUT2D eigenvalue weighted by molar-refractivity contribution is 7.13. The predicted molar refractivity (Wildman–Crippen MR) is 130 cm³/mol. The minimum absolute atomic E-state index is 0.0865. The monoisotopic (exact) mass is 507 g/mol. The first-order valence-electron chi connectivity index (χ1n) is 11.7. The van der Waals surface area contributed by atoms with Crippen molar-refractivity contribution < 1.29 is 28.1 Å². The average molecular weight is 508 g/mol. The van der Waals surface area contributed by atoms with Gasteiger partial charge in [0.05, 0.1) is 12.2 Å². The van der Waals surface area contributed by atoms with Gasteiger partial charge in [0, 0.05) is 34.5 Å². The van der Waals surface area contributed by atoms with Crippen LogP contribution in [0.1, 0.15) is 51.0 Å². The normalized spacial score (nSPS) is 22.9. The summed E-state index contributed by atoms with van der Waals surface area (Å²) in [6.07, 6.45) is 4.95. The van der Waals surface area contributed by atoms with E-state index in [9.17, 15) is 23.4 Å². The van der Waals surface area contributed by atoms with Crippen molar-refractivity contribution in [3.05, 3.63) is 41.4 Å². The van der Waals surface area contributed by atoms with Gasteiger partial charge in [-0.05, 0) is 62.7 Å². The predicted octanol–water partition coefficient (Wildman–Crippen LogP) is 6.16. The number of hydrogen-bond donors (Lipinski definition) is 3. The minimum Gasteiger partial charge on any atom is -0.491 e. The highest BCUT2D eigenvalue weighted by Gasteiger charge is 2.54. The molecule has 6 nitrogen and oxygen atoms in total. The number of nitrogens with zero attached hydrogens (tertiary/aromatic N) is 2. The number of aliphatic imine (C=N–C) groups is 1. The topological polar surface area (TPSA) is 98.8 Å². The largest absolute Gasteiger partial charge is 0.491 e. The Bertz CT molecular complexity index is 1130. The zero-order chi connectivity index (χ0) is 25.2. The maximum atomic E-state index is 13.4. The molecule has 2 atom stereocenters. The third-order valence-electron chi connectivity index (χ3n) is 6.58. The molecule has 10 heteroatoms. The third kappa shape index (κ3) is 5.34. The second kappa shape index (κ2) is 10.2. The van der Waals surface area contributed by atoms with Crippen molar-refractivity contribution in [1.29, 1.82) is 5.41 Å². The van der Waals surface area contributed by atoms with E-state index in [1.807, 2.05) is 12.2 Å². The molecule has 1 fully saturated rings. The highest BCUT2D eigenvalue weighted by atomic mass is 32.1. The lowest BCUT2D eigenvalue weighted by Gasteiger charge is -2.26. The maximum Gasteiger partial charge on any atom is 0.447 e. The lowest BCUT2D eigenvalue weighted by Crippen LogP contribution is -2.42. The van der Waals surface area contributed by atoms with Gasteiger partial charge in [0.25, 0.3) is 5.79 Å². The Morgan fingerprint density at radius 2 is 2.00 bits per heavy atom. The Hall–Kier alpha value is -2.56. The fourth-order valence-electron chi connectivity index (χ4n) is 4.57. The third-order valence-corrected chi connectivity index (χ3v) is 7.39. The van der Waals surface area contributed by atoms with Crippen molar-refractivity contribution in [1.82, 2.24) is 4.98 Å². The summed E-state index contributed by atoms with van der Waals surface area (Å²) in [5, 5.41) is 30.3. The van der Waals surface area contributed by atoms with E-state index in [0.717, 1.165) is 37.1 Å². The number of ether oxygens (including phenoxy) is 1. The minimum atomic E-state index is -5.31. The molecule has 1 aromatic carbocycles. The van der Waals surface area contributed by atoms with Crippen molar-refractivity contribution in [2.75, 3.05) is 6.61 Å². The Balaban J connectivity index is 1.71. The summed E-state index contributed by atoms with van der Waals surface area (Å²) < 4.78 is 46.2. The summed E-state index contributed by atoms with van der Waals surface area (Å²) >= 11 is 1.20.